The number of amides is 1. The first-order chi connectivity index (χ1) is 12.7. The second kappa shape index (κ2) is 8.10. The number of carboxylic acids is 1. The van der Waals surface area contributed by atoms with Gasteiger partial charge in [-0.3, -0.25) is 9.52 Å². The molecule has 0 spiro atoms. The lowest BCUT2D eigenvalue weighted by molar-refractivity contribution is -0.131. The molecular formula is C16H16N2O7S2. The van der Waals surface area contributed by atoms with Crippen LogP contribution in [0.4, 0.5) is 5.00 Å². The van der Waals surface area contributed by atoms with E-state index >= 15 is 0 Å². The summed E-state index contributed by atoms with van der Waals surface area (Å²) < 4.78 is 38.4. The van der Waals surface area contributed by atoms with E-state index in [0.717, 1.165) is 17.4 Å². The number of carboxylic acid groups (broad SMARTS) is 1. The van der Waals surface area contributed by atoms with E-state index in [9.17, 15) is 18.0 Å². The van der Waals surface area contributed by atoms with Crippen molar-refractivity contribution in [2.24, 2.45) is 5.73 Å². The van der Waals surface area contributed by atoms with E-state index in [1.165, 1.54) is 43.9 Å². The van der Waals surface area contributed by atoms with Gasteiger partial charge in [0, 0.05) is 6.08 Å². The van der Waals surface area contributed by atoms with E-state index in [1.807, 2.05) is 0 Å². The molecule has 0 radical (unpaired) electrons. The van der Waals surface area contributed by atoms with Crippen LogP contribution in [-0.2, 0) is 14.8 Å². The van der Waals surface area contributed by atoms with Gasteiger partial charge >= 0.3 is 5.97 Å². The summed E-state index contributed by atoms with van der Waals surface area (Å²) in [5.74, 6) is -1.96. The molecule has 9 nitrogen and oxygen atoms in total. The highest BCUT2D eigenvalue weighted by Crippen LogP contribution is 2.37. The molecule has 4 N–H and O–H groups in total. The largest absolute Gasteiger partial charge is 0.493 e. The zero-order valence-electron chi connectivity index (χ0n) is 14.3. The summed E-state index contributed by atoms with van der Waals surface area (Å²) in [6, 6.07) is 4.05. The van der Waals surface area contributed by atoms with Gasteiger partial charge in [0.1, 0.15) is 9.90 Å². The number of thiophene rings is 1. The van der Waals surface area contributed by atoms with Gasteiger partial charge in [-0.2, -0.15) is 0 Å². The fraction of sp³-hybridized carbons (Fsp3) is 0.125. The number of rotatable bonds is 8. The van der Waals surface area contributed by atoms with Crippen LogP contribution in [0.5, 0.6) is 11.5 Å². The van der Waals surface area contributed by atoms with Gasteiger partial charge in [-0.25, -0.2) is 13.2 Å². The van der Waals surface area contributed by atoms with E-state index < -0.39 is 21.9 Å². The summed E-state index contributed by atoms with van der Waals surface area (Å²) in [5.41, 5.74) is 5.52. The van der Waals surface area contributed by atoms with Crippen molar-refractivity contribution in [3.63, 3.8) is 0 Å². The molecule has 1 heterocycles. The molecule has 27 heavy (non-hydrogen) atoms. The zero-order valence-corrected chi connectivity index (χ0v) is 15.9. The van der Waals surface area contributed by atoms with Gasteiger partial charge in [-0.05, 0) is 35.2 Å². The smallest absolute Gasteiger partial charge is 0.328 e. The molecular weight excluding hydrogens is 396 g/mol. The molecule has 0 saturated carbocycles. The Morgan fingerprint density at radius 2 is 1.96 bits per heavy atom. The predicted octanol–water partition coefficient (Wildman–Crippen LogP) is 1.76. The highest BCUT2D eigenvalue weighted by Gasteiger charge is 2.26. The number of hydrogen-bond acceptors (Lipinski definition) is 7. The fourth-order valence-corrected chi connectivity index (χ4v) is 4.51. The van der Waals surface area contributed by atoms with E-state index in [2.05, 4.69) is 4.72 Å². The minimum atomic E-state index is -4.21. The molecule has 0 aliphatic carbocycles. The normalized spacial score (nSPS) is 11.3. The van der Waals surface area contributed by atoms with Crippen LogP contribution in [0.2, 0.25) is 0 Å². The van der Waals surface area contributed by atoms with Crippen LogP contribution >= 0.6 is 11.3 Å². The van der Waals surface area contributed by atoms with Crippen molar-refractivity contribution in [1.82, 2.24) is 0 Å². The average Bonchev–Trinajstić information content (AvgIpc) is 3.06. The second-order valence-electron chi connectivity index (χ2n) is 5.06. The lowest BCUT2D eigenvalue weighted by atomic mass is 10.2. The number of ether oxygens (including phenoxy) is 2. The quantitative estimate of drug-likeness (QED) is 0.560. The Labute approximate surface area is 159 Å². The Kier molecular flexibility index (Phi) is 6.08. The van der Waals surface area contributed by atoms with Crippen LogP contribution in [0.25, 0.3) is 6.08 Å². The maximum atomic E-state index is 12.9. The molecule has 0 fully saturated rings. The third kappa shape index (κ3) is 4.57. The summed E-state index contributed by atoms with van der Waals surface area (Å²) in [7, 11) is -1.63. The Morgan fingerprint density at radius 3 is 2.52 bits per heavy atom. The number of nitrogens with one attached hydrogen (secondary N) is 1. The highest BCUT2D eigenvalue weighted by molar-refractivity contribution is 7.93. The average molecular weight is 412 g/mol. The number of primary amides is 1. The van der Waals surface area contributed by atoms with E-state index in [0.29, 0.717) is 0 Å². The number of benzene rings is 1. The first kappa shape index (κ1) is 20.3. The van der Waals surface area contributed by atoms with E-state index in [-0.39, 0.29) is 32.5 Å². The van der Waals surface area contributed by atoms with Crippen molar-refractivity contribution in [3.8, 4) is 11.5 Å². The summed E-state index contributed by atoms with van der Waals surface area (Å²) in [6.07, 6.45) is 2.07. The van der Waals surface area contributed by atoms with Crippen LogP contribution in [0, 0.1) is 0 Å². The van der Waals surface area contributed by atoms with Crippen molar-refractivity contribution < 1.29 is 32.6 Å². The van der Waals surface area contributed by atoms with E-state index in [4.69, 9.17) is 20.3 Å². The number of aliphatic carboxylic acids is 1. The van der Waals surface area contributed by atoms with Gasteiger partial charge in [0.05, 0.1) is 19.8 Å². The molecule has 1 aromatic carbocycles. The Hall–Kier alpha value is -3.05. The van der Waals surface area contributed by atoms with Crippen LogP contribution in [0.15, 0.2) is 34.6 Å². The van der Waals surface area contributed by atoms with E-state index in [1.54, 1.807) is 0 Å². The maximum Gasteiger partial charge on any atom is 0.328 e. The molecule has 0 unspecified atom stereocenters. The lowest BCUT2D eigenvalue weighted by Crippen LogP contribution is -2.18. The lowest BCUT2D eigenvalue weighted by Gasteiger charge is -2.15. The van der Waals surface area contributed by atoms with Gasteiger partial charge in [0.25, 0.3) is 15.9 Å². The zero-order chi connectivity index (χ0) is 20.2. The van der Waals surface area contributed by atoms with Crippen molar-refractivity contribution in [2.75, 3.05) is 18.9 Å². The van der Waals surface area contributed by atoms with Crippen molar-refractivity contribution in [3.05, 3.63) is 40.8 Å². The Bertz CT molecular complexity index is 1010. The monoisotopic (exact) mass is 412 g/mol. The highest BCUT2D eigenvalue weighted by atomic mass is 32.2. The number of carbonyl (C=O) groups excluding carboxylic acids is 1. The maximum absolute atomic E-state index is 12.9. The minimum Gasteiger partial charge on any atom is -0.493 e. The number of hydrogen-bond donors (Lipinski definition) is 3. The molecule has 0 atom stereocenters. The standard InChI is InChI=1S/C16H16N2O7S2/c1-24-11-7-9(3-4-13(19)20)8-12(14(11)25-2)27(22,23)18-16-10(15(17)21)5-6-26-16/h3-8,18H,1-2H3,(H2,17,21)(H,19,20)/b4-3+. The molecule has 1 amide bonds. The number of methoxy groups -OCH3 is 2. The van der Waals surface area contributed by atoms with Gasteiger partial charge in [0.2, 0.25) is 0 Å². The Balaban J connectivity index is 2.59. The third-order valence-electron chi connectivity index (χ3n) is 3.33. The number of anilines is 1. The number of sulfonamides is 1. The van der Waals surface area contributed by atoms with Crippen LogP contribution in [0.1, 0.15) is 15.9 Å². The first-order valence-electron chi connectivity index (χ1n) is 7.26. The molecule has 0 aliphatic rings. The molecule has 1 aromatic heterocycles. The molecule has 0 bridgehead atoms. The molecule has 2 rings (SSSR count). The van der Waals surface area contributed by atoms with Gasteiger partial charge in [-0.1, -0.05) is 0 Å². The summed E-state index contributed by atoms with van der Waals surface area (Å²) in [5, 5.41) is 10.3. The first-order valence-corrected chi connectivity index (χ1v) is 9.63. The topological polar surface area (TPSA) is 145 Å². The SMILES string of the molecule is COc1cc(/C=C/C(=O)O)cc(S(=O)(=O)Nc2sccc2C(N)=O)c1OC. The van der Waals surface area contributed by atoms with Gasteiger partial charge in [-0.15, -0.1) is 11.3 Å². The van der Waals surface area contributed by atoms with Crippen LogP contribution in [0.3, 0.4) is 0 Å². The van der Waals surface area contributed by atoms with Crippen molar-refractivity contribution >= 4 is 44.3 Å². The van der Waals surface area contributed by atoms with Crippen molar-refractivity contribution in [1.29, 1.82) is 0 Å². The summed E-state index contributed by atoms with van der Waals surface area (Å²) >= 11 is 0.986. The van der Waals surface area contributed by atoms with Gasteiger partial charge in [0.15, 0.2) is 11.5 Å². The second-order valence-corrected chi connectivity index (χ2v) is 7.63. The number of carbonyl (C=O) groups is 2. The molecule has 11 heteroatoms. The fourth-order valence-electron chi connectivity index (χ4n) is 2.17. The van der Waals surface area contributed by atoms with Crippen LogP contribution < -0.4 is 19.9 Å². The predicted molar refractivity (Wildman–Crippen MR) is 99.9 cm³/mol. The van der Waals surface area contributed by atoms with Gasteiger partial charge < -0.3 is 20.3 Å². The summed E-state index contributed by atoms with van der Waals surface area (Å²) in [6.45, 7) is 0. The minimum absolute atomic E-state index is 0.0245. The number of nitrogens with two attached hydrogens (primary N) is 1. The molecule has 2 aromatic rings. The van der Waals surface area contributed by atoms with Crippen molar-refractivity contribution in [2.45, 2.75) is 4.90 Å². The molecule has 144 valence electrons. The Morgan fingerprint density at radius 1 is 1.26 bits per heavy atom. The third-order valence-corrected chi connectivity index (χ3v) is 5.65. The molecule has 0 aliphatic heterocycles. The molecule has 0 saturated heterocycles. The van der Waals surface area contributed by atoms with Crippen LogP contribution in [-0.4, -0.2) is 39.6 Å². The summed E-state index contributed by atoms with van der Waals surface area (Å²) in [4.78, 5) is 21.9.